The van der Waals surface area contributed by atoms with E-state index in [9.17, 15) is 0 Å². The van der Waals surface area contributed by atoms with Gasteiger partial charge in [0.25, 0.3) is 0 Å². The number of anilines is 1. The third kappa shape index (κ3) is 2.02. The summed E-state index contributed by atoms with van der Waals surface area (Å²) in [6.07, 6.45) is 2.48. The molecule has 92 valence electrons. The Hall–Kier alpha value is -1.14. The van der Waals surface area contributed by atoms with Crippen LogP contribution in [0.3, 0.4) is 0 Å². The fourth-order valence-electron chi connectivity index (χ4n) is 2.26. The minimum absolute atomic E-state index is 0.261. The maximum absolute atomic E-state index is 5.73. The molecule has 17 heavy (non-hydrogen) atoms. The molecule has 5 nitrogen and oxygen atoms in total. The maximum atomic E-state index is 5.73. The minimum atomic E-state index is 0.261. The summed E-state index contributed by atoms with van der Waals surface area (Å²) in [5, 5.41) is 5.61. The van der Waals surface area contributed by atoms with Gasteiger partial charge in [0, 0.05) is 13.1 Å². The van der Waals surface area contributed by atoms with E-state index in [2.05, 4.69) is 28.8 Å². The summed E-state index contributed by atoms with van der Waals surface area (Å²) < 4.78 is 7.59. The molecule has 2 atom stereocenters. The lowest BCUT2D eigenvalue weighted by molar-refractivity contribution is -0.00527. The molecular weight excluding hydrogens is 236 g/mol. The molecule has 0 aliphatic carbocycles. The molecule has 2 aromatic rings. The molecule has 0 aromatic carbocycles. The Labute approximate surface area is 104 Å². The van der Waals surface area contributed by atoms with Crippen molar-refractivity contribution in [3.05, 3.63) is 11.9 Å². The van der Waals surface area contributed by atoms with Gasteiger partial charge in [-0.05, 0) is 20.8 Å². The third-order valence-electron chi connectivity index (χ3n) is 2.84. The van der Waals surface area contributed by atoms with Crippen LogP contribution in [0.4, 0.5) is 5.13 Å². The van der Waals surface area contributed by atoms with Gasteiger partial charge in [-0.25, -0.2) is 9.50 Å². The van der Waals surface area contributed by atoms with Crippen LogP contribution < -0.4 is 4.90 Å². The van der Waals surface area contributed by atoms with E-state index >= 15 is 0 Å². The normalized spacial score (nSPS) is 25.7. The van der Waals surface area contributed by atoms with E-state index in [4.69, 9.17) is 4.74 Å². The van der Waals surface area contributed by atoms with Gasteiger partial charge in [0.15, 0.2) is 0 Å². The van der Waals surface area contributed by atoms with E-state index in [1.165, 1.54) is 0 Å². The van der Waals surface area contributed by atoms with Crippen LogP contribution in [0.15, 0.2) is 6.20 Å². The molecule has 0 radical (unpaired) electrons. The van der Waals surface area contributed by atoms with Crippen molar-refractivity contribution in [3.63, 3.8) is 0 Å². The van der Waals surface area contributed by atoms with E-state index in [-0.39, 0.29) is 12.2 Å². The van der Waals surface area contributed by atoms with Crippen LogP contribution in [0.25, 0.3) is 4.96 Å². The molecule has 1 aliphatic rings. The lowest BCUT2D eigenvalue weighted by Gasteiger charge is -2.34. The van der Waals surface area contributed by atoms with Crippen LogP contribution in [-0.2, 0) is 4.74 Å². The summed E-state index contributed by atoms with van der Waals surface area (Å²) in [7, 11) is 0. The number of hydrogen-bond acceptors (Lipinski definition) is 5. The minimum Gasteiger partial charge on any atom is -0.372 e. The summed E-state index contributed by atoms with van der Waals surface area (Å²) in [6.45, 7) is 8.00. The maximum Gasteiger partial charge on any atom is 0.214 e. The van der Waals surface area contributed by atoms with E-state index in [0.717, 1.165) is 28.9 Å². The Morgan fingerprint density at radius 2 is 2.06 bits per heavy atom. The number of nitrogens with zero attached hydrogens (tertiary/aromatic N) is 4. The first kappa shape index (κ1) is 11.0. The van der Waals surface area contributed by atoms with Gasteiger partial charge < -0.3 is 9.64 Å². The van der Waals surface area contributed by atoms with Crippen molar-refractivity contribution in [1.29, 1.82) is 0 Å². The number of imidazole rings is 1. The first-order chi connectivity index (χ1) is 8.11. The molecule has 0 spiro atoms. The monoisotopic (exact) mass is 252 g/mol. The number of morpholine rings is 1. The highest BCUT2D eigenvalue weighted by atomic mass is 32.1. The van der Waals surface area contributed by atoms with Gasteiger partial charge in [-0.1, -0.05) is 11.3 Å². The zero-order valence-corrected chi connectivity index (χ0v) is 11.1. The van der Waals surface area contributed by atoms with Crippen LogP contribution in [-0.4, -0.2) is 39.9 Å². The van der Waals surface area contributed by atoms with E-state index in [1.54, 1.807) is 11.3 Å². The fourth-order valence-corrected chi connectivity index (χ4v) is 3.21. The molecule has 1 aliphatic heterocycles. The van der Waals surface area contributed by atoms with Crippen LogP contribution in [0.2, 0.25) is 0 Å². The average molecular weight is 252 g/mol. The van der Waals surface area contributed by atoms with E-state index < -0.39 is 0 Å². The largest absolute Gasteiger partial charge is 0.372 e. The SMILES string of the molecule is Cc1cn2nc(N3C[C@@H](C)O[C@@H](C)C3)sc2n1. The van der Waals surface area contributed by atoms with Crippen LogP contribution in [0, 0.1) is 6.92 Å². The van der Waals surface area contributed by atoms with Gasteiger partial charge >= 0.3 is 0 Å². The van der Waals surface area contributed by atoms with Crippen LogP contribution in [0.5, 0.6) is 0 Å². The number of rotatable bonds is 1. The molecule has 3 heterocycles. The van der Waals surface area contributed by atoms with E-state index in [1.807, 2.05) is 17.6 Å². The highest BCUT2D eigenvalue weighted by Crippen LogP contribution is 2.25. The highest BCUT2D eigenvalue weighted by molar-refractivity contribution is 7.20. The number of hydrogen-bond donors (Lipinski definition) is 0. The van der Waals surface area contributed by atoms with Gasteiger partial charge in [0.1, 0.15) is 0 Å². The molecule has 0 N–H and O–H groups in total. The van der Waals surface area contributed by atoms with Crippen molar-refractivity contribution in [3.8, 4) is 0 Å². The summed E-state index contributed by atoms with van der Waals surface area (Å²) >= 11 is 1.64. The Balaban J connectivity index is 1.89. The average Bonchev–Trinajstić information content (AvgIpc) is 2.72. The zero-order chi connectivity index (χ0) is 12.0. The third-order valence-corrected chi connectivity index (χ3v) is 3.83. The zero-order valence-electron chi connectivity index (χ0n) is 10.3. The van der Waals surface area contributed by atoms with Crippen molar-refractivity contribution < 1.29 is 4.74 Å². The van der Waals surface area contributed by atoms with Gasteiger partial charge in [0.2, 0.25) is 10.1 Å². The predicted molar refractivity (Wildman–Crippen MR) is 67.8 cm³/mol. The molecule has 3 rings (SSSR count). The molecule has 6 heteroatoms. The first-order valence-corrected chi connectivity index (χ1v) is 6.66. The predicted octanol–water partition coefficient (Wildman–Crippen LogP) is 1.71. The number of aryl methyl sites for hydroxylation is 1. The van der Waals surface area contributed by atoms with E-state index in [0.29, 0.717) is 0 Å². The summed E-state index contributed by atoms with van der Waals surface area (Å²) in [4.78, 5) is 7.68. The summed E-state index contributed by atoms with van der Waals surface area (Å²) in [5.74, 6) is 0. The molecule has 1 fully saturated rings. The lowest BCUT2D eigenvalue weighted by atomic mass is 10.2. The Morgan fingerprint density at radius 1 is 1.35 bits per heavy atom. The molecule has 0 bridgehead atoms. The standard InChI is InChI=1S/C11H16N4OS/c1-7-4-15-10(12-7)17-11(13-15)14-5-8(2)16-9(3)6-14/h4,8-9H,5-6H2,1-3H3/t8-,9+. The molecule has 0 saturated carbocycles. The van der Waals surface area contributed by atoms with Crippen molar-refractivity contribution in [2.45, 2.75) is 33.0 Å². The molecule has 0 amide bonds. The van der Waals surface area contributed by atoms with Gasteiger partial charge in [-0.3, -0.25) is 0 Å². The first-order valence-electron chi connectivity index (χ1n) is 5.85. The van der Waals surface area contributed by atoms with Gasteiger partial charge in [0.05, 0.1) is 24.1 Å². The van der Waals surface area contributed by atoms with Crippen molar-refractivity contribution in [1.82, 2.24) is 14.6 Å². The molecular formula is C11H16N4OS. The van der Waals surface area contributed by atoms with Crippen molar-refractivity contribution >= 4 is 21.4 Å². The van der Waals surface area contributed by atoms with Crippen LogP contribution >= 0.6 is 11.3 Å². The van der Waals surface area contributed by atoms with Crippen molar-refractivity contribution in [2.24, 2.45) is 0 Å². The number of ether oxygens (including phenoxy) is 1. The van der Waals surface area contributed by atoms with Gasteiger partial charge in [-0.2, -0.15) is 0 Å². The second kappa shape index (κ2) is 3.96. The second-order valence-corrected chi connectivity index (χ2v) is 5.59. The Kier molecular flexibility index (Phi) is 2.56. The van der Waals surface area contributed by atoms with Gasteiger partial charge in [-0.15, -0.1) is 5.10 Å². The summed E-state index contributed by atoms with van der Waals surface area (Å²) in [5.41, 5.74) is 1.01. The lowest BCUT2D eigenvalue weighted by Crippen LogP contribution is -2.45. The molecule has 0 unspecified atom stereocenters. The molecule has 1 saturated heterocycles. The fraction of sp³-hybridized carbons (Fsp3) is 0.636. The Bertz CT molecular complexity index is 493. The smallest absolute Gasteiger partial charge is 0.214 e. The highest BCUT2D eigenvalue weighted by Gasteiger charge is 2.24. The van der Waals surface area contributed by atoms with Crippen molar-refractivity contribution in [2.75, 3.05) is 18.0 Å². The number of aromatic nitrogens is 3. The summed E-state index contributed by atoms with van der Waals surface area (Å²) in [6, 6.07) is 0. The quantitative estimate of drug-likeness (QED) is 0.775. The molecule has 2 aromatic heterocycles. The Morgan fingerprint density at radius 3 is 2.71 bits per heavy atom. The van der Waals surface area contributed by atoms with Crippen LogP contribution in [0.1, 0.15) is 19.5 Å². The number of fused-ring (bicyclic) bond motifs is 1. The topological polar surface area (TPSA) is 42.7 Å². The second-order valence-electron chi connectivity index (χ2n) is 4.66.